The maximum absolute atomic E-state index is 13.1. The van der Waals surface area contributed by atoms with Crippen molar-refractivity contribution in [3.8, 4) is 0 Å². The van der Waals surface area contributed by atoms with Crippen LogP contribution in [-0.2, 0) is 18.8 Å². The van der Waals surface area contributed by atoms with Crippen molar-refractivity contribution >= 4 is 20.1 Å². The third-order valence-corrected chi connectivity index (χ3v) is 13.2. The van der Waals surface area contributed by atoms with E-state index in [0.29, 0.717) is 16.6 Å². The van der Waals surface area contributed by atoms with Gasteiger partial charge in [-0.1, -0.05) is 61.8 Å². The fourth-order valence-corrected chi connectivity index (χ4v) is 11.0. The first-order chi connectivity index (χ1) is 12.0. The van der Waals surface area contributed by atoms with E-state index in [1.807, 2.05) is 6.92 Å². The van der Waals surface area contributed by atoms with Crippen LogP contribution in [0.1, 0.15) is 74.7 Å². The molecule has 0 aromatic rings. The summed E-state index contributed by atoms with van der Waals surface area (Å²) in [7, 11) is -0.662. The van der Waals surface area contributed by atoms with E-state index in [9.17, 15) is 9.59 Å². The Morgan fingerprint density at radius 1 is 1.04 bits per heavy atom. The highest BCUT2D eigenvalue weighted by molar-refractivity contribution is 6.77. The molecule has 1 saturated carbocycles. The highest BCUT2D eigenvalue weighted by atomic mass is 28.4. The van der Waals surface area contributed by atoms with Crippen molar-refractivity contribution in [3.05, 3.63) is 0 Å². The van der Waals surface area contributed by atoms with E-state index >= 15 is 0 Å². The summed E-state index contributed by atoms with van der Waals surface area (Å²) in [4.78, 5) is 25.7. The molecule has 1 aliphatic rings. The fourth-order valence-electron chi connectivity index (χ4n) is 5.63. The SMILES string of the molecule is COC(=O)[C@@]1([C@H](C)C(=O)CO[Si](C(C)C)(C(C)C)C(C)C)CCC[C@H]1C. The van der Waals surface area contributed by atoms with Crippen LogP contribution in [0.15, 0.2) is 0 Å². The Kier molecular flexibility index (Phi) is 8.09. The van der Waals surface area contributed by atoms with Crippen LogP contribution in [0.5, 0.6) is 0 Å². The van der Waals surface area contributed by atoms with Crippen molar-refractivity contribution in [1.82, 2.24) is 0 Å². The second-order valence-electron chi connectivity index (χ2n) is 9.12. The lowest BCUT2D eigenvalue weighted by atomic mass is 9.68. The van der Waals surface area contributed by atoms with Crippen molar-refractivity contribution in [3.63, 3.8) is 0 Å². The number of carbonyl (C=O) groups excluding carboxylic acids is 2. The molecule has 1 rings (SSSR count). The Morgan fingerprint density at radius 3 is 1.88 bits per heavy atom. The molecule has 0 spiro atoms. The molecule has 0 saturated heterocycles. The molecular weight excluding hydrogens is 344 g/mol. The number of hydrogen-bond acceptors (Lipinski definition) is 4. The normalized spacial score (nSPS) is 25.2. The maximum Gasteiger partial charge on any atom is 0.312 e. The second kappa shape index (κ2) is 9.00. The topological polar surface area (TPSA) is 52.6 Å². The molecule has 26 heavy (non-hydrogen) atoms. The van der Waals surface area contributed by atoms with E-state index in [1.54, 1.807) is 0 Å². The van der Waals surface area contributed by atoms with E-state index in [2.05, 4.69) is 48.5 Å². The van der Waals surface area contributed by atoms with Crippen molar-refractivity contribution in [1.29, 1.82) is 0 Å². The van der Waals surface area contributed by atoms with Crippen molar-refractivity contribution < 1.29 is 18.8 Å². The molecule has 0 radical (unpaired) electrons. The quantitative estimate of drug-likeness (QED) is 0.396. The van der Waals surface area contributed by atoms with Crippen molar-refractivity contribution in [2.75, 3.05) is 13.7 Å². The Hall–Kier alpha value is -0.683. The monoisotopic (exact) mass is 384 g/mol. The number of esters is 1. The van der Waals surface area contributed by atoms with Crippen LogP contribution in [0.4, 0.5) is 0 Å². The van der Waals surface area contributed by atoms with E-state index in [-0.39, 0.29) is 30.2 Å². The summed E-state index contributed by atoms with van der Waals surface area (Å²) in [5, 5.41) is 0. The summed E-state index contributed by atoms with van der Waals surface area (Å²) >= 11 is 0. The molecule has 0 amide bonds. The van der Waals surface area contributed by atoms with Gasteiger partial charge in [-0.3, -0.25) is 9.59 Å². The number of methoxy groups -OCH3 is 1. The Labute approximate surface area is 161 Å². The first-order valence-corrected chi connectivity index (χ1v) is 12.4. The zero-order valence-electron chi connectivity index (χ0n) is 18.3. The molecule has 4 nitrogen and oxygen atoms in total. The molecule has 0 aromatic heterocycles. The lowest BCUT2D eigenvalue weighted by Gasteiger charge is -2.42. The highest BCUT2D eigenvalue weighted by Crippen LogP contribution is 2.50. The predicted octanol–water partition coefficient (Wildman–Crippen LogP) is 5.36. The maximum atomic E-state index is 13.1. The predicted molar refractivity (Wildman–Crippen MR) is 109 cm³/mol. The van der Waals surface area contributed by atoms with Crippen LogP contribution in [-0.4, -0.2) is 33.8 Å². The van der Waals surface area contributed by atoms with Gasteiger partial charge in [0, 0.05) is 5.92 Å². The molecule has 0 aromatic carbocycles. The minimum atomic E-state index is -2.09. The van der Waals surface area contributed by atoms with Crippen LogP contribution < -0.4 is 0 Å². The largest absolute Gasteiger partial charge is 0.469 e. The van der Waals surface area contributed by atoms with Crippen LogP contribution >= 0.6 is 0 Å². The summed E-state index contributed by atoms with van der Waals surface area (Å²) in [6.07, 6.45) is 2.67. The van der Waals surface area contributed by atoms with Crippen LogP contribution in [0.2, 0.25) is 16.6 Å². The van der Waals surface area contributed by atoms with Gasteiger partial charge in [-0.2, -0.15) is 0 Å². The minimum Gasteiger partial charge on any atom is -0.469 e. The molecule has 0 heterocycles. The van der Waals surface area contributed by atoms with Crippen molar-refractivity contribution in [2.45, 2.75) is 91.3 Å². The molecule has 152 valence electrons. The fraction of sp³-hybridized carbons (Fsp3) is 0.905. The summed E-state index contributed by atoms with van der Waals surface area (Å²) in [5.41, 5.74) is 0.620. The van der Waals surface area contributed by atoms with Crippen molar-refractivity contribution in [2.24, 2.45) is 17.3 Å². The molecule has 0 N–H and O–H groups in total. The summed E-state index contributed by atoms with van der Waals surface area (Å²) in [5.74, 6) is -0.395. The second-order valence-corrected chi connectivity index (χ2v) is 14.6. The minimum absolute atomic E-state index is 0.0444. The molecule has 1 fully saturated rings. The average molecular weight is 385 g/mol. The van der Waals surface area contributed by atoms with Crippen LogP contribution in [0.25, 0.3) is 0 Å². The zero-order chi connectivity index (χ0) is 20.3. The number of ether oxygens (including phenoxy) is 1. The highest BCUT2D eigenvalue weighted by Gasteiger charge is 2.54. The smallest absolute Gasteiger partial charge is 0.312 e. The lowest BCUT2D eigenvalue weighted by Crippen LogP contribution is -2.50. The van der Waals surface area contributed by atoms with E-state index in [0.717, 1.165) is 19.3 Å². The van der Waals surface area contributed by atoms with E-state index in [1.165, 1.54) is 7.11 Å². The molecule has 0 unspecified atom stereocenters. The van der Waals surface area contributed by atoms with Gasteiger partial charge in [0.05, 0.1) is 19.1 Å². The number of hydrogen-bond donors (Lipinski definition) is 0. The third kappa shape index (κ3) is 3.94. The summed E-state index contributed by atoms with van der Waals surface area (Å²) < 4.78 is 11.6. The van der Waals surface area contributed by atoms with Gasteiger partial charge in [0.15, 0.2) is 5.78 Å². The Bertz CT molecular complexity index is 478. The van der Waals surface area contributed by atoms with Gasteiger partial charge >= 0.3 is 5.97 Å². The number of carbonyl (C=O) groups is 2. The Balaban J connectivity index is 3.03. The number of Topliss-reactive ketones (excluding diaryl/α,β-unsaturated/α-hetero) is 1. The third-order valence-electron chi connectivity index (χ3n) is 7.10. The first-order valence-electron chi connectivity index (χ1n) is 10.2. The molecule has 1 aliphatic carbocycles. The molecule has 0 bridgehead atoms. The van der Waals surface area contributed by atoms with Gasteiger partial charge in [0.1, 0.15) is 0 Å². The van der Waals surface area contributed by atoms with Gasteiger partial charge in [-0.25, -0.2) is 0 Å². The van der Waals surface area contributed by atoms with Gasteiger partial charge in [-0.15, -0.1) is 0 Å². The van der Waals surface area contributed by atoms with Crippen LogP contribution in [0, 0.1) is 17.3 Å². The van der Waals surface area contributed by atoms with Gasteiger partial charge in [0.25, 0.3) is 0 Å². The summed E-state index contributed by atoms with van der Waals surface area (Å²) in [6, 6.07) is 0. The van der Waals surface area contributed by atoms with Gasteiger partial charge in [-0.05, 0) is 35.4 Å². The van der Waals surface area contributed by atoms with Crippen LogP contribution in [0.3, 0.4) is 0 Å². The molecule has 0 aliphatic heterocycles. The average Bonchev–Trinajstić information content (AvgIpc) is 2.95. The van der Waals surface area contributed by atoms with Gasteiger partial charge in [0.2, 0.25) is 8.32 Å². The molecule has 3 atom stereocenters. The first kappa shape index (κ1) is 23.4. The molecule has 5 heteroatoms. The number of ketones is 1. The Morgan fingerprint density at radius 2 is 1.54 bits per heavy atom. The standard InChI is InChI=1S/C21H40O4Si/c1-14(2)26(15(3)4,16(5)6)25-13-19(22)18(8)21(20(23)24-9)12-10-11-17(21)7/h14-18H,10-13H2,1-9H3/t17-,18-,21+/m1/s1. The zero-order valence-corrected chi connectivity index (χ0v) is 19.3. The lowest BCUT2D eigenvalue weighted by molar-refractivity contribution is -0.162. The van der Waals surface area contributed by atoms with Gasteiger partial charge < -0.3 is 9.16 Å². The number of rotatable bonds is 9. The van der Waals surface area contributed by atoms with E-state index < -0.39 is 13.7 Å². The molecular formula is C21H40O4Si. The summed E-state index contributed by atoms with van der Waals surface area (Å²) in [6.45, 7) is 17.4. The van der Waals surface area contributed by atoms with E-state index in [4.69, 9.17) is 9.16 Å².